The summed E-state index contributed by atoms with van der Waals surface area (Å²) < 4.78 is 16.4. The zero-order chi connectivity index (χ0) is 20.5. The van der Waals surface area contributed by atoms with E-state index in [9.17, 15) is 4.79 Å². The summed E-state index contributed by atoms with van der Waals surface area (Å²) in [7, 11) is 0. The molecule has 0 spiro atoms. The number of allylic oxidation sites excluding steroid dienone is 2. The van der Waals surface area contributed by atoms with Gasteiger partial charge in [0.2, 0.25) is 0 Å². The van der Waals surface area contributed by atoms with Crippen LogP contribution in [0, 0.1) is 0 Å². The van der Waals surface area contributed by atoms with Gasteiger partial charge in [0.25, 0.3) is 0 Å². The number of unbranched alkanes of at least 4 members (excludes halogenated alkanes) is 11. The summed E-state index contributed by atoms with van der Waals surface area (Å²) in [5, 5.41) is 0. The zero-order valence-electron chi connectivity index (χ0n) is 18.7. The average molecular weight is 397 g/mol. The fourth-order valence-electron chi connectivity index (χ4n) is 3.44. The molecule has 1 saturated heterocycles. The van der Waals surface area contributed by atoms with Crippen LogP contribution < -0.4 is 0 Å². The van der Waals surface area contributed by atoms with E-state index in [0.717, 1.165) is 12.8 Å². The first-order chi connectivity index (χ1) is 13.5. The summed E-state index contributed by atoms with van der Waals surface area (Å²) in [6.45, 7) is 6.81. The molecule has 1 unspecified atom stereocenters. The number of hydrogen-bond acceptors (Lipinski definition) is 4. The Morgan fingerprint density at radius 1 is 0.929 bits per heavy atom. The number of hydrogen-bond donors (Lipinski definition) is 0. The van der Waals surface area contributed by atoms with Gasteiger partial charge in [-0.25, -0.2) is 0 Å². The van der Waals surface area contributed by atoms with E-state index in [1.165, 1.54) is 70.6 Å². The molecule has 0 aromatic heterocycles. The minimum atomic E-state index is -0.555. The quantitative estimate of drug-likeness (QED) is 0.155. The smallest absolute Gasteiger partial charge is 0.305 e. The molecular weight excluding hydrogens is 352 g/mol. The highest BCUT2D eigenvalue weighted by Gasteiger charge is 2.33. The topological polar surface area (TPSA) is 44.8 Å². The third-order valence-corrected chi connectivity index (χ3v) is 5.14. The second-order valence-corrected chi connectivity index (χ2v) is 8.47. The molecular formula is C24H44O4. The van der Waals surface area contributed by atoms with Crippen LogP contribution in [0.15, 0.2) is 12.2 Å². The summed E-state index contributed by atoms with van der Waals surface area (Å²) in [6.07, 6.45) is 21.5. The predicted molar refractivity (Wildman–Crippen MR) is 115 cm³/mol. The number of ether oxygens (including phenoxy) is 3. The Kier molecular flexibility index (Phi) is 14.4. The van der Waals surface area contributed by atoms with Crippen LogP contribution in [-0.2, 0) is 19.0 Å². The molecule has 4 nitrogen and oxygen atoms in total. The molecule has 1 atom stereocenters. The number of carbonyl (C=O) groups is 1. The van der Waals surface area contributed by atoms with Gasteiger partial charge in [-0.05, 0) is 46.0 Å². The molecule has 1 aliphatic heterocycles. The predicted octanol–water partition coefficient (Wildman–Crippen LogP) is 6.72. The summed E-state index contributed by atoms with van der Waals surface area (Å²) in [6, 6.07) is 0. The lowest BCUT2D eigenvalue weighted by Crippen LogP contribution is -2.25. The highest BCUT2D eigenvalue weighted by atomic mass is 16.7. The Morgan fingerprint density at radius 2 is 1.50 bits per heavy atom. The maximum absolute atomic E-state index is 11.8. The van der Waals surface area contributed by atoms with Crippen molar-refractivity contribution in [1.82, 2.24) is 0 Å². The third-order valence-electron chi connectivity index (χ3n) is 5.14. The van der Waals surface area contributed by atoms with Crippen molar-refractivity contribution >= 4 is 5.97 Å². The van der Waals surface area contributed by atoms with Crippen molar-refractivity contribution in [1.29, 1.82) is 0 Å². The van der Waals surface area contributed by atoms with Gasteiger partial charge in [-0.2, -0.15) is 0 Å². The SMILES string of the molecule is CCCCCCCC/C=C\CCCCCCCC(=O)OCC1COC(C)(C)O1. The Balaban J connectivity index is 1.81. The van der Waals surface area contributed by atoms with Crippen molar-refractivity contribution in [2.24, 2.45) is 0 Å². The Labute approximate surface area is 173 Å². The molecule has 1 rings (SSSR count). The molecule has 0 amide bonds. The van der Waals surface area contributed by atoms with Gasteiger partial charge >= 0.3 is 5.97 Å². The van der Waals surface area contributed by atoms with Crippen molar-refractivity contribution in [3.8, 4) is 0 Å². The lowest BCUT2D eigenvalue weighted by molar-refractivity contribution is -0.158. The van der Waals surface area contributed by atoms with Crippen LogP contribution >= 0.6 is 0 Å². The Morgan fingerprint density at radius 3 is 2.07 bits per heavy atom. The van der Waals surface area contributed by atoms with E-state index in [-0.39, 0.29) is 12.1 Å². The summed E-state index contributed by atoms with van der Waals surface area (Å²) in [4.78, 5) is 11.8. The third kappa shape index (κ3) is 14.2. The number of esters is 1. The maximum atomic E-state index is 11.8. The van der Waals surface area contributed by atoms with Gasteiger partial charge in [-0.3, -0.25) is 4.79 Å². The van der Waals surface area contributed by atoms with Crippen LogP contribution in [0.5, 0.6) is 0 Å². The van der Waals surface area contributed by atoms with Crippen LogP contribution in [0.25, 0.3) is 0 Å². The first-order valence-electron chi connectivity index (χ1n) is 11.7. The summed E-state index contributed by atoms with van der Waals surface area (Å²) in [5.74, 6) is -0.675. The molecule has 0 saturated carbocycles. The van der Waals surface area contributed by atoms with E-state index >= 15 is 0 Å². The molecule has 4 heteroatoms. The summed E-state index contributed by atoms with van der Waals surface area (Å²) >= 11 is 0. The number of rotatable bonds is 17. The maximum Gasteiger partial charge on any atom is 0.305 e. The molecule has 0 bridgehead atoms. The second-order valence-electron chi connectivity index (χ2n) is 8.47. The van der Waals surface area contributed by atoms with Crippen LogP contribution in [0.2, 0.25) is 0 Å². The van der Waals surface area contributed by atoms with Crippen molar-refractivity contribution in [2.75, 3.05) is 13.2 Å². The molecule has 1 aliphatic rings. The van der Waals surface area contributed by atoms with Gasteiger partial charge in [0, 0.05) is 6.42 Å². The first-order valence-corrected chi connectivity index (χ1v) is 11.7. The van der Waals surface area contributed by atoms with E-state index in [1.54, 1.807) is 0 Å². The molecule has 0 radical (unpaired) electrons. The van der Waals surface area contributed by atoms with Gasteiger partial charge < -0.3 is 14.2 Å². The van der Waals surface area contributed by atoms with Gasteiger partial charge in [-0.1, -0.05) is 70.4 Å². The lowest BCUT2D eigenvalue weighted by atomic mass is 10.1. The van der Waals surface area contributed by atoms with Gasteiger partial charge in [0.15, 0.2) is 5.79 Å². The van der Waals surface area contributed by atoms with Crippen LogP contribution in [0.1, 0.15) is 111 Å². The van der Waals surface area contributed by atoms with E-state index < -0.39 is 5.79 Å². The van der Waals surface area contributed by atoms with E-state index in [0.29, 0.717) is 19.6 Å². The Bertz CT molecular complexity index is 417. The van der Waals surface area contributed by atoms with Gasteiger partial charge in [-0.15, -0.1) is 0 Å². The Hall–Kier alpha value is -0.870. The molecule has 0 aromatic carbocycles. The zero-order valence-corrected chi connectivity index (χ0v) is 18.7. The molecule has 0 N–H and O–H groups in total. The molecule has 164 valence electrons. The minimum absolute atomic E-state index is 0.120. The average Bonchev–Trinajstić information content (AvgIpc) is 3.02. The molecule has 1 heterocycles. The molecule has 1 fully saturated rings. The second kappa shape index (κ2) is 16.0. The highest BCUT2D eigenvalue weighted by molar-refractivity contribution is 5.69. The fourth-order valence-corrected chi connectivity index (χ4v) is 3.44. The highest BCUT2D eigenvalue weighted by Crippen LogP contribution is 2.22. The largest absolute Gasteiger partial charge is 0.463 e. The number of carbonyl (C=O) groups excluding carboxylic acids is 1. The van der Waals surface area contributed by atoms with Crippen LogP contribution in [0.4, 0.5) is 0 Å². The van der Waals surface area contributed by atoms with E-state index in [2.05, 4.69) is 19.1 Å². The van der Waals surface area contributed by atoms with Crippen LogP contribution in [0.3, 0.4) is 0 Å². The van der Waals surface area contributed by atoms with Crippen molar-refractivity contribution < 1.29 is 19.0 Å². The fraction of sp³-hybridized carbons (Fsp3) is 0.875. The van der Waals surface area contributed by atoms with Crippen molar-refractivity contribution in [3.63, 3.8) is 0 Å². The van der Waals surface area contributed by atoms with Crippen LogP contribution in [-0.4, -0.2) is 31.1 Å². The molecule has 0 aromatic rings. The first kappa shape index (κ1) is 25.2. The van der Waals surface area contributed by atoms with Gasteiger partial charge in [0.05, 0.1) is 6.61 Å². The lowest BCUT2D eigenvalue weighted by Gasteiger charge is -2.16. The van der Waals surface area contributed by atoms with Gasteiger partial charge in [0.1, 0.15) is 12.7 Å². The standard InChI is InChI=1S/C24H44O4/c1-4-5-6-7-8-9-10-11-12-13-14-15-16-17-18-19-23(25)26-20-22-21-27-24(2,3)28-22/h11-12,22H,4-10,13-21H2,1-3H3/b12-11-. The molecule has 0 aliphatic carbocycles. The van der Waals surface area contributed by atoms with E-state index in [1.807, 2.05) is 13.8 Å². The molecule has 28 heavy (non-hydrogen) atoms. The van der Waals surface area contributed by atoms with E-state index in [4.69, 9.17) is 14.2 Å². The normalized spacial score (nSPS) is 18.8. The van der Waals surface area contributed by atoms with Crippen molar-refractivity contribution in [2.45, 2.75) is 123 Å². The minimum Gasteiger partial charge on any atom is -0.463 e. The monoisotopic (exact) mass is 396 g/mol. The summed E-state index contributed by atoms with van der Waals surface area (Å²) in [5.41, 5.74) is 0. The van der Waals surface area contributed by atoms with Crippen molar-refractivity contribution in [3.05, 3.63) is 12.2 Å².